The zero-order chi connectivity index (χ0) is 21.3. The normalized spacial score (nSPS) is 15.9. The van der Waals surface area contributed by atoms with Crippen molar-refractivity contribution in [2.24, 2.45) is 5.92 Å². The van der Waals surface area contributed by atoms with Gasteiger partial charge in [-0.3, -0.25) is 0 Å². The molecule has 2 heterocycles. The zero-order valence-electron chi connectivity index (χ0n) is 16.5. The standard InChI is InChI=1S/C20H22FN5O3S.ClH/c21-13-4-1-2-7-16(13)30(27,28)19(12-8-10-24-11-9-12)29-15-6-3-5-14-17(15)18(22)26-20(23)25-14;/h1-7,12,19,24H,8-11H2,(H4,22,23,25,26);1H. The summed E-state index contributed by atoms with van der Waals surface area (Å²) >= 11 is 0. The molecule has 4 rings (SSSR count). The van der Waals surface area contributed by atoms with E-state index in [1.165, 1.54) is 18.2 Å². The number of nitrogen functional groups attached to an aromatic ring is 2. The molecule has 31 heavy (non-hydrogen) atoms. The fourth-order valence-corrected chi connectivity index (χ4v) is 5.62. The number of nitrogens with zero attached hydrogens (tertiary/aromatic N) is 2. The van der Waals surface area contributed by atoms with Crippen LogP contribution >= 0.6 is 12.4 Å². The molecule has 0 radical (unpaired) electrons. The van der Waals surface area contributed by atoms with Crippen LogP contribution < -0.4 is 21.5 Å². The zero-order valence-corrected chi connectivity index (χ0v) is 18.1. The number of sulfone groups is 1. The summed E-state index contributed by atoms with van der Waals surface area (Å²) in [6.07, 6.45) is 1.14. The molecule has 2 aromatic carbocycles. The molecule has 8 nitrogen and oxygen atoms in total. The summed E-state index contributed by atoms with van der Waals surface area (Å²) in [7, 11) is -4.15. The van der Waals surface area contributed by atoms with E-state index in [2.05, 4.69) is 15.3 Å². The first-order chi connectivity index (χ1) is 14.4. The fourth-order valence-electron chi connectivity index (χ4n) is 3.75. The van der Waals surface area contributed by atoms with E-state index in [-0.39, 0.29) is 40.7 Å². The Morgan fingerprint density at radius 3 is 2.48 bits per heavy atom. The Kier molecular flexibility index (Phi) is 6.83. The molecule has 11 heteroatoms. The minimum absolute atomic E-state index is 0. The number of halogens is 2. The molecule has 0 bridgehead atoms. The second kappa shape index (κ2) is 9.21. The minimum atomic E-state index is -4.15. The average molecular weight is 468 g/mol. The van der Waals surface area contributed by atoms with E-state index in [4.69, 9.17) is 16.2 Å². The second-order valence-electron chi connectivity index (χ2n) is 7.17. The summed E-state index contributed by atoms with van der Waals surface area (Å²) in [5, 5.41) is 3.57. The maximum Gasteiger partial charge on any atom is 0.222 e. The molecule has 1 unspecified atom stereocenters. The summed E-state index contributed by atoms with van der Waals surface area (Å²) < 4.78 is 47.4. The Bertz CT molecular complexity index is 1190. The van der Waals surface area contributed by atoms with Gasteiger partial charge in [0.1, 0.15) is 22.3 Å². The molecule has 1 aromatic heterocycles. The molecule has 0 spiro atoms. The third-order valence-corrected chi connectivity index (χ3v) is 7.23. The molecule has 166 valence electrons. The van der Waals surface area contributed by atoms with Crippen molar-refractivity contribution >= 4 is 44.9 Å². The number of hydrogen-bond donors (Lipinski definition) is 3. The van der Waals surface area contributed by atoms with E-state index < -0.39 is 21.1 Å². The lowest BCUT2D eigenvalue weighted by molar-refractivity contribution is 0.176. The molecule has 1 atom stereocenters. The first-order valence-corrected chi connectivity index (χ1v) is 11.1. The molecule has 3 aromatic rings. The van der Waals surface area contributed by atoms with Gasteiger partial charge in [-0.05, 0) is 50.2 Å². The van der Waals surface area contributed by atoms with Crippen molar-refractivity contribution in [3.05, 3.63) is 48.3 Å². The smallest absolute Gasteiger partial charge is 0.222 e. The van der Waals surface area contributed by atoms with E-state index in [1.54, 1.807) is 18.2 Å². The van der Waals surface area contributed by atoms with Crippen molar-refractivity contribution < 1.29 is 17.5 Å². The lowest BCUT2D eigenvalue weighted by Crippen LogP contribution is -2.41. The van der Waals surface area contributed by atoms with Crippen molar-refractivity contribution in [1.82, 2.24) is 15.3 Å². The van der Waals surface area contributed by atoms with E-state index in [9.17, 15) is 12.8 Å². The van der Waals surface area contributed by atoms with Gasteiger partial charge in [-0.1, -0.05) is 18.2 Å². The number of benzene rings is 2. The SMILES string of the molecule is Cl.Nc1nc(N)c2c(OC(C3CCNCC3)S(=O)(=O)c3ccccc3F)cccc2n1. The summed E-state index contributed by atoms with van der Waals surface area (Å²) in [5.41, 5.74) is 10.8. The van der Waals surface area contributed by atoms with Gasteiger partial charge < -0.3 is 21.5 Å². The Balaban J connectivity index is 0.00000272. The van der Waals surface area contributed by atoms with E-state index in [1.807, 2.05) is 0 Å². The lowest BCUT2D eigenvalue weighted by atomic mass is 9.99. The highest BCUT2D eigenvalue weighted by Gasteiger charge is 2.39. The van der Waals surface area contributed by atoms with Gasteiger partial charge in [0.15, 0.2) is 0 Å². The minimum Gasteiger partial charge on any atom is -0.473 e. The van der Waals surface area contributed by atoms with E-state index >= 15 is 0 Å². The number of aromatic nitrogens is 2. The quantitative estimate of drug-likeness (QED) is 0.521. The number of hydrogen-bond acceptors (Lipinski definition) is 8. The predicted molar refractivity (Wildman–Crippen MR) is 119 cm³/mol. The Morgan fingerprint density at radius 1 is 1.06 bits per heavy atom. The molecule has 0 aliphatic carbocycles. The highest BCUT2D eigenvalue weighted by molar-refractivity contribution is 7.92. The van der Waals surface area contributed by atoms with Crippen LogP contribution in [0.3, 0.4) is 0 Å². The fraction of sp³-hybridized carbons (Fsp3) is 0.300. The van der Waals surface area contributed by atoms with Crippen molar-refractivity contribution in [3.8, 4) is 5.75 Å². The average Bonchev–Trinajstić information content (AvgIpc) is 2.72. The first kappa shape index (κ1) is 23.0. The molecule has 1 fully saturated rings. The third-order valence-electron chi connectivity index (χ3n) is 5.19. The topological polar surface area (TPSA) is 133 Å². The molecule has 0 saturated carbocycles. The highest BCUT2D eigenvalue weighted by Crippen LogP contribution is 2.35. The molecular weight excluding hydrogens is 445 g/mol. The van der Waals surface area contributed by atoms with Gasteiger partial charge in [-0.25, -0.2) is 17.8 Å². The van der Waals surface area contributed by atoms with E-state index in [0.717, 1.165) is 6.07 Å². The predicted octanol–water partition coefficient (Wildman–Crippen LogP) is 2.53. The number of rotatable bonds is 5. The van der Waals surface area contributed by atoms with Crippen LogP contribution in [0.2, 0.25) is 0 Å². The van der Waals surface area contributed by atoms with Crippen LogP contribution in [0.5, 0.6) is 5.75 Å². The van der Waals surface area contributed by atoms with Crippen molar-refractivity contribution in [1.29, 1.82) is 0 Å². The molecule has 5 N–H and O–H groups in total. The van der Waals surface area contributed by atoms with Gasteiger partial charge >= 0.3 is 0 Å². The van der Waals surface area contributed by atoms with Crippen LogP contribution in [0.4, 0.5) is 16.2 Å². The van der Waals surface area contributed by atoms with Crippen molar-refractivity contribution in [3.63, 3.8) is 0 Å². The van der Waals surface area contributed by atoms with Crippen LogP contribution in [-0.4, -0.2) is 36.9 Å². The molecular formula is C20H23ClFN5O3S. The van der Waals surface area contributed by atoms with Crippen LogP contribution in [0.15, 0.2) is 47.4 Å². The molecule has 0 amide bonds. The number of nitrogens with one attached hydrogen (secondary N) is 1. The largest absolute Gasteiger partial charge is 0.473 e. The van der Waals surface area contributed by atoms with Crippen LogP contribution in [0.1, 0.15) is 12.8 Å². The van der Waals surface area contributed by atoms with Gasteiger partial charge in [0.25, 0.3) is 0 Å². The Hall–Kier alpha value is -2.69. The lowest BCUT2D eigenvalue weighted by Gasteiger charge is -2.31. The van der Waals surface area contributed by atoms with Gasteiger partial charge in [0, 0.05) is 5.92 Å². The van der Waals surface area contributed by atoms with Gasteiger partial charge in [0.2, 0.25) is 21.2 Å². The molecule has 1 aliphatic rings. The van der Waals surface area contributed by atoms with Gasteiger partial charge in [-0.2, -0.15) is 4.98 Å². The van der Waals surface area contributed by atoms with Gasteiger partial charge in [0.05, 0.1) is 10.9 Å². The molecule has 1 saturated heterocycles. The van der Waals surface area contributed by atoms with Crippen LogP contribution in [-0.2, 0) is 9.84 Å². The maximum atomic E-state index is 14.4. The monoisotopic (exact) mass is 467 g/mol. The van der Waals surface area contributed by atoms with Gasteiger partial charge in [-0.15, -0.1) is 12.4 Å². The summed E-state index contributed by atoms with van der Waals surface area (Å²) in [6, 6.07) is 10.3. The highest BCUT2D eigenvalue weighted by atomic mass is 35.5. The first-order valence-electron chi connectivity index (χ1n) is 9.55. The van der Waals surface area contributed by atoms with Crippen molar-refractivity contribution in [2.45, 2.75) is 23.2 Å². The molecule has 1 aliphatic heterocycles. The Morgan fingerprint density at radius 2 is 1.77 bits per heavy atom. The maximum absolute atomic E-state index is 14.4. The number of ether oxygens (including phenoxy) is 1. The second-order valence-corrected chi connectivity index (χ2v) is 9.16. The summed E-state index contributed by atoms with van der Waals surface area (Å²) in [5.74, 6) is -0.837. The van der Waals surface area contributed by atoms with Crippen molar-refractivity contribution in [2.75, 3.05) is 24.6 Å². The van der Waals surface area contributed by atoms with Crippen LogP contribution in [0.25, 0.3) is 10.9 Å². The summed E-state index contributed by atoms with van der Waals surface area (Å²) in [6.45, 7) is 1.29. The van der Waals surface area contributed by atoms with E-state index in [0.29, 0.717) is 36.8 Å². The number of nitrogens with two attached hydrogens (primary N) is 2. The number of fused-ring (bicyclic) bond motifs is 1. The summed E-state index contributed by atoms with van der Waals surface area (Å²) in [4.78, 5) is 7.71. The van der Waals surface area contributed by atoms with Crippen LogP contribution in [0, 0.1) is 11.7 Å². The number of anilines is 2. The number of piperidine rings is 1. The Labute approximate surface area is 185 Å². The third kappa shape index (κ3) is 4.51.